The van der Waals surface area contributed by atoms with Crippen LogP contribution in [0, 0.1) is 11.3 Å². The SMILES string of the molecule is CCCCC(CC)CC(CC)(CCCC)COP(=O)(O)O. The lowest BCUT2D eigenvalue weighted by Crippen LogP contribution is -2.29. The van der Waals surface area contributed by atoms with Crippen molar-refractivity contribution in [2.24, 2.45) is 11.3 Å². The lowest BCUT2D eigenvalue weighted by molar-refractivity contribution is 0.0674. The van der Waals surface area contributed by atoms with Crippen molar-refractivity contribution in [2.75, 3.05) is 6.61 Å². The number of phosphoric ester groups is 1. The maximum atomic E-state index is 11.1. The number of phosphoric acid groups is 1. The molecule has 128 valence electrons. The van der Waals surface area contributed by atoms with Gasteiger partial charge in [0.25, 0.3) is 0 Å². The van der Waals surface area contributed by atoms with Gasteiger partial charge in [0.2, 0.25) is 0 Å². The molecule has 0 fully saturated rings. The van der Waals surface area contributed by atoms with Gasteiger partial charge in [0.1, 0.15) is 0 Å². The largest absolute Gasteiger partial charge is 0.469 e. The van der Waals surface area contributed by atoms with Crippen LogP contribution in [-0.2, 0) is 9.09 Å². The van der Waals surface area contributed by atoms with Crippen molar-refractivity contribution in [2.45, 2.75) is 85.5 Å². The summed E-state index contributed by atoms with van der Waals surface area (Å²) in [5, 5.41) is 0. The van der Waals surface area contributed by atoms with Crippen LogP contribution >= 0.6 is 7.82 Å². The maximum absolute atomic E-state index is 11.1. The molecule has 0 rings (SSSR count). The molecule has 0 saturated carbocycles. The molecule has 0 aliphatic heterocycles. The van der Waals surface area contributed by atoms with Crippen LogP contribution in [0.1, 0.15) is 85.5 Å². The molecule has 21 heavy (non-hydrogen) atoms. The smallest absolute Gasteiger partial charge is 0.303 e. The van der Waals surface area contributed by atoms with Gasteiger partial charge in [-0.3, -0.25) is 4.52 Å². The summed E-state index contributed by atoms with van der Waals surface area (Å²) in [6, 6.07) is 0. The second-order valence-corrected chi connectivity index (χ2v) is 7.58. The average Bonchev–Trinajstić information content (AvgIpc) is 2.45. The van der Waals surface area contributed by atoms with Crippen LogP contribution in [-0.4, -0.2) is 16.4 Å². The van der Waals surface area contributed by atoms with E-state index in [1.54, 1.807) is 0 Å². The fourth-order valence-corrected chi connectivity index (χ4v) is 3.43. The summed E-state index contributed by atoms with van der Waals surface area (Å²) < 4.78 is 16.0. The first-order valence-electron chi connectivity index (χ1n) is 8.52. The Morgan fingerprint density at radius 1 is 1.10 bits per heavy atom. The van der Waals surface area contributed by atoms with E-state index in [4.69, 9.17) is 14.3 Å². The summed E-state index contributed by atoms with van der Waals surface area (Å²) in [7, 11) is -4.38. The van der Waals surface area contributed by atoms with E-state index in [0.717, 1.165) is 38.5 Å². The molecule has 0 heterocycles. The number of hydrogen-bond acceptors (Lipinski definition) is 2. The minimum absolute atomic E-state index is 0.0917. The highest BCUT2D eigenvalue weighted by Crippen LogP contribution is 2.44. The standard InChI is InChI=1S/C16H35O4P/c1-5-9-11-15(7-3)13-16(8-4,12-10-6-2)14-20-21(17,18)19/h15H,5-14H2,1-4H3,(H2,17,18,19). The third-order valence-corrected chi connectivity index (χ3v) is 5.08. The molecule has 2 unspecified atom stereocenters. The molecule has 0 aromatic rings. The Morgan fingerprint density at radius 2 is 1.71 bits per heavy atom. The Bertz CT molecular complexity index is 303. The quantitative estimate of drug-likeness (QED) is 0.452. The highest BCUT2D eigenvalue weighted by atomic mass is 31.2. The van der Waals surface area contributed by atoms with Crippen LogP contribution < -0.4 is 0 Å². The maximum Gasteiger partial charge on any atom is 0.469 e. The van der Waals surface area contributed by atoms with E-state index in [0.29, 0.717) is 5.92 Å². The molecule has 0 saturated heterocycles. The first-order chi connectivity index (χ1) is 9.82. The van der Waals surface area contributed by atoms with Crippen molar-refractivity contribution in [1.82, 2.24) is 0 Å². The van der Waals surface area contributed by atoms with E-state index in [-0.39, 0.29) is 12.0 Å². The van der Waals surface area contributed by atoms with E-state index in [1.807, 2.05) is 0 Å². The molecule has 0 bridgehead atoms. The van der Waals surface area contributed by atoms with E-state index in [1.165, 1.54) is 19.3 Å². The fraction of sp³-hybridized carbons (Fsp3) is 1.00. The van der Waals surface area contributed by atoms with Crippen molar-refractivity contribution < 1.29 is 18.9 Å². The second-order valence-electron chi connectivity index (χ2n) is 6.34. The first-order valence-corrected chi connectivity index (χ1v) is 10.1. The van der Waals surface area contributed by atoms with Crippen LogP contribution in [0.5, 0.6) is 0 Å². The van der Waals surface area contributed by atoms with Crippen molar-refractivity contribution in [3.63, 3.8) is 0 Å². The lowest BCUT2D eigenvalue weighted by atomic mass is 9.72. The normalized spacial score (nSPS) is 16.7. The van der Waals surface area contributed by atoms with Crippen molar-refractivity contribution in [3.05, 3.63) is 0 Å². The molecule has 2 atom stereocenters. The average molecular weight is 322 g/mol. The van der Waals surface area contributed by atoms with E-state index < -0.39 is 7.82 Å². The van der Waals surface area contributed by atoms with Crippen LogP contribution in [0.4, 0.5) is 0 Å². The summed E-state index contributed by atoms with van der Waals surface area (Å²) in [5.41, 5.74) is -0.0917. The van der Waals surface area contributed by atoms with E-state index in [9.17, 15) is 4.57 Å². The monoisotopic (exact) mass is 322 g/mol. The zero-order valence-corrected chi connectivity index (χ0v) is 15.2. The van der Waals surface area contributed by atoms with Gasteiger partial charge in [-0.15, -0.1) is 0 Å². The van der Waals surface area contributed by atoms with Crippen molar-refractivity contribution in [3.8, 4) is 0 Å². The summed E-state index contributed by atoms with van der Waals surface area (Å²) in [6.45, 7) is 8.86. The summed E-state index contributed by atoms with van der Waals surface area (Å²) >= 11 is 0. The van der Waals surface area contributed by atoms with Gasteiger partial charge in [0, 0.05) is 0 Å². The molecule has 4 nitrogen and oxygen atoms in total. The summed E-state index contributed by atoms with van der Waals surface area (Å²) in [5.74, 6) is 0.627. The molecule has 0 aliphatic rings. The van der Waals surface area contributed by atoms with Crippen LogP contribution in [0.2, 0.25) is 0 Å². The first kappa shape index (κ1) is 21.1. The molecule has 0 aliphatic carbocycles. The van der Waals surface area contributed by atoms with E-state index >= 15 is 0 Å². The van der Waals surface area contributed by atoms with Crippen LogP contribution in [0.15, 0.2) is 0 Å². The fourth-order valence-electron chi connectivity index (χ4n) is 2.98. The molecule has 0 amide bonds. The molecule has 2 N–H and O–H groups in total. The van der Waals surface area contributed by atoms with Gasteiger partial charge in [0.05, 0.1) is 6.61 Å². The van der Waals surface area contributed by atoms with Gasteiger partial charge >= 0.3 is 7.82 Å². The van der Waals surface area contributed by atoms with Crippen molar-refractivity contribution in [1.29, 1.82) is 0 Å². The van der Waals surface area contributed by atoms with Gasteiger partial charge in [0.15, 0.2) is 0 Å². The Kier molecular flexibility index (Phi) is 10.8. The van der Waals surface area contributed by atoms with Gasteiger partial charge in [-0.2, -0.15) is 0 Å². The lowest BCUT2D eigenvalue weighted by Gasteiger charge is -2.36. The Morgan fingerprint density at radius 3 is 2.14 bits per heavy atom. The van der Waals surface area contributed by atoms with Gasteiger partial charge in [-0.25, -0.2) is 4.57 Å². The van der Waals surface area contributed by atoms with Gasteiger partial charge in [-0.1, -0.05) is 66.2 Å². The Labute approximate surface area is 130 Å². The topological polar surface area (TPSA) is 66.8 Å². The third kappa shape index (κ3) is 9.67. The number of unbranched alkanes of at least 4 members (excludes halogenated alkanes) is 2. The Hall–Kier alpha value is 0.110. The predicted molar refractivity (Wildman–Crippen MR) is 88.2 cm³/mol. The molecule has 5 heteroatoms. The highest BCUT2D eigenvalue weighted by Gasteiger charge is 2.33. The van der Waals surface area contributed by atoms with Crippen LogP contribution in [0.3, 0.4) is 0 Å². The molecular formula is C16H35O4P. The summed E-state index contributed by atoms with van der Waals surface area (Å²) in [4.78, 5) is 18.0. The zero-order chi connectivity index (χ0) is 16.4. The third-order valence-electron chi connectivity index (χ3n) is 4.61. The molecule has 0 spiro atoms. The minimum atomic E-state index is -4.38. The number of hydrogen-bond donors (Lipinski definition) is 2. The second kappa shape index (κ2) is 10.8. The van der Waals surface area contributed by atoms with Crippen LogP contribution in [0.25, 0.3) is 0 Å². The minimum Gasteiger partial charge on any atom is -0.303 e. The highest BCUT2D eigenvalue weighted by molar-refractivity contribution is 7.46. The Balaban J connectivity index is 4.84. The molecule has 0 aromatic heterocycles. The zero-order valence-electron chi connectivity index (χ0n) is 14.3. The molecule has 0 radical (unpaired) electrons. The molecule has 0 aromatic carbocycles. The summed E-state index contributed by atoms with van der Waals surface area (Å²) in [6.07, 6.45) is 9.86. The number of rotatable bonds is 13. The van der Waals surface area contributed by atoms with E-state index in [2.05, 4.69) is 27.7 Å². The van der Waals surface area contributed by atoms with Gasteiger partial charge < -0.3 is 9.79 Å². The van der Waals surface area contributed by atoms with Gasteiger partial charge in [-0.05, 0) is 30.6 Å². The molecular weight excluding hydrogens is 287 g/mol. The predicted octanol–water partition coefficient (Wildman–Crippen LogP) is 5.29. The van der Waals surface area contributed by atoms with Crippen molar-refractivity contribution >= 4 is 7.82 Å².